The minimum absolute atomic E-state index is 0.795. The van der Waals surface area contributed by atoms with Crippen molar-refractivity contribution in [3.8, 4) is 0 Å². The molecule has 1 saturated heterocycles. The number of guanidine groups is 1. The molecule has 0 radical (unpaired) electrons. The van der Waals surface area contributed by atoms with Gasteiger partial charge in [-0.3, -0.25) is 4.99 Å². The van der Waals surface area contributed by atoms with E-state index in [9.17, 15) is 0 Å². The van der Waals surface area contributed by atoms with Crippen molar-refractivity contribution in [2.75, 3.05) is 58.3 Å². The van der Waals surface area contributed by atoms with Gasteiger partial charge in [-0.05, 0) is 37.4 Å². The summed E-state index contributed by atoms with van der Waals surface area (Å²) in [4.78, 5) is 11.9. The van der Waals surface area contributed by atoms with E-state index in [4.69, 9.17) is 0 Å². The second-order valence-corrected chi connectivity index (χ2v) is 7.74. The molecular formula is C18H31N5S. The van der Waals surface area contributed by atoms with Gasteiger partial charge < -0.3 is 20.0 Å². The van der Waals surface area contributed by atoms with Crippen LogP contribution >= 0.6 is 11.3 Å². The van der Waals surface area contributed by atoms with Gasteiger partial charge in [-0.25, -0.2) is 0 Å². The topological polar surface area (TPSA) is 34.1 Å². The summed E-state index contributed by atoms with van der Waals surface area (Å²) in [7, 11) is 4.16. The number of piperazine rings is 1. The van der Waals surface area contributed by atoms with Gasteiger partial charge in [-0.2, -0.15) is 0 Å². The van der Waals surface area contributed by atoms with Gasteiger partial charge in [-0.15, -0.1) is 11.3 Å². The first-order valence-corrected chi connectivity index (χ1v) is 10.1. The van der Waals surface area contributed by atoms with Crippen molar-refractivity contribution in [1.82, 2.24) is 15.1 Å². The van der Waals surface area contributed by atoms with Crippen molar-refractivity contribution in [2.45, 2.75) is 31.7 Å². The average Bonchev–Trinajstić information content (AvgIpc) is 3.32. The normalized spacial score (nSPS) is 20.2. The van der Waals surface area contributed by atoms with Crippen LogP contribution in [0.5, 0.6) is 0 Å². The lowest BCUT2D eigenvalue weighted by atomic mass is 10.2. The van der Waals surface area contributed by atoms with Crippen LogP contribution in [0, 0.1) is 0 Å². The van der Waals surface area contributed by atoms with Crippen LogP contribution in [0.3, 0.4) is 0 Å². The summed E-state index contributed by atoms with van der Waals surface area (Å²) in [6.07, 6.45) is 5.54. The van der Waals surface area contributed by atoms with Crippen LogP contribution in [0.4, 0.5) is 5.00 Å². The van der Waals surface area contributed by atoms with Crippen molar-refractivity contribution in [3.63, 3.8) is 0 Å². The Kier molecular flexibility index (Phi) is 6.37. The minimum atomic E-state index is 0.795. The summed E-state index contributed by atoms with van der Waals surface area (Å²) < 4.78 is 0. The van der Waals surface area contributed by atoms with E-state index in [-0.39, 0.29) is 0 Å². The van der Waals surface area contributed by atoms with Crippen LogP contribution in [0.1, 0.15) is 25.7 Å². The van der Waals surface area contributed by atoms with Crippen molar-refractivity contribution in [3.05, 3.63) is 17.5 Å². The Hall–Kier alpha value is -1.27. The molecule has 1 aromatic heterocycles. The van der Waals surface area contributed by atoms with E-state index in [1.54, 1.807) is 0 Å². The Bertz CT molecular complexity index is 501. The number of rotatable bonds is 5. The Labute approximate surface area is 150 Å². The number of nitrogens with one attached hydrogen (secondary N) is 1. The van der Waals surface area contributed by atoms with Crippen molar-refractivity contribution in [2.24, 2.45) is 4.99 Å². The first-order valence-electron chi connectivity index (χ1n) is 9.22. The van der Waals surface area contributed by atoms with Gasteiger partial charge in [0.25, 0.3) is 0 Å². The summed E-state index contributed by atoms with van der Waals surface area (Å²) >= 11 is 1.83. The number of hydrogen-bond acceptors (Lipinski definition) is 4. The quantitative estimate of drug-likeness (QED) is 0.653. The van der Waals surface area contributed by atoms with Crippen LogP contribution < -0.4 is 10.2 Å². The van der Waals surface area contributed by atoms with Crippen LogP contribution in [0.2, 0.25) is 0 Å². The molecule has 0 spiro atoms. The number of thiophene rings is 1. The second-order valence-electron chi connectivity index (χ2n) is 6.82. The minimum Gasteiger partial charge on any atom is -0.360 e. The van der Waals surface area contributed by atoms with Crippen LogP contribution in [-0.4, -0.2) is 75.2 Å². The summed E-state index contributed by atoms with van der Waals surface area (Å²) in [5, 5.41) is 7.10. The maximum absolute atomic E-state index is 4.49. The van der Waals surface area contributed by atoms with Gasteiger partial charge in [0, 0.05) is 52.4 Å². The van der Waals surface area contributed by atoms with Gasteiger partial charge in [0.1, 0.15) is 0 Å². The fourth-order valence-electron chi connectivity index (χ4n) is 3.79. The zero-order valence-electron chi connectivity index (χ0n) is 15.1. The van der Waals surface area contributed by atoms with Crippen LogP contribution in [0.25, 0.3) is 0 Å². The molecule has 6 heteroatoms. The molecule has 5 nitrogen and oxygen atoms in total. The Morgan fingerprint density at radius 3 is 2.67 bits per heavy atom. The van der Waals surface area contributed by atoms with Gasteiger partial charge in [0.05, 0.1) is 5.00 Å². The summed E-state index contributed by atoms with van der Waals surface area (Å²) in [5.41, 5.74) is 0. The molecule has 1 N–H and O–H groups in total. The molecule has 2 aliphatic rings. The molecule has 24 heavy (non-hydrogen) atoms. The molecular weight excluding hydrogens is 318 g/mol. The molecule has 2 heterocycles. The molecule has 134 valence electrons. The van der Waals surface area contributed by atoms with Crippen LogP contribution in [0.15, 0.2) is 22.5 Å². The predicted octanol–water partition coefficient (Wildman–Crippen LogP) is 2.32. The third-order valence-corrected chi connectivity index (χ3v) is 6.23. The first kappa shape index (κ1) is 17.5. The maximum atomic E-state index is 4.49. The Balaban J connectivity index is 1.40. The lowest BCUT2D eigenvalue weighted by Gasteiger charge is -2.37. The third-order valence-electron chi connectivity index (χ3n) is 5.30. The molecule has 1 aliphatic carbocycles. The molecule has 0 unspecified atom stereocenters. The highest BCUT2D eigenvalue weighted by molar-refractivity contribution is 7.14. The van der Waals surface area contributed by atoms with E-state index in [1.807, 2.05) is 18.4 Å². The standard InChI is InChI=1S/C18H31N5S/c1-19-18(20-9-10-21(2)16-6-3-4-7-16)23-13-11-22(12-14-23)17-8-5-15-24-17/h5,8,15-16H,3-4,6-7,9-14H2,1-2H3,(H,19,20). The molecule has 0 amide bonds. The summed E-state index contributed by atoms with van der Waals surface area (Å²) in [5.74, 6) is 1.06. The molecule has 0 aromatic carbocycles. The van der Waals surface area contributed by atoms with E-state index in [0.29, 0.717) is 0 Å². The molecule has 3 rings (SSSR count). The number of anilines is 1. The fraction of sp³-hybridized carbons (Fsp3) is 0.722. The van der Waals surface area contributed by atoms with Gasteiger partial charge in [0.2, 0.25) is 0 Å². The third kappa shape index (κ3) is 4.42. The highest BCUT2D eigenvalue weighted by atomic mass is 32.1. The zero-order valence-corrected chi connectivity index (χ0v) is 15.9. The zero-order chi connectivity index (χ0) is 16.8. The fourth-order valence-corrected chi connectivity index (χ4v) is 4.58. The predicted molar refractivity (Wildman–Crippen MR) is 104 cm³/mol. The first-order chi connectivity index (χ1) is 11.8. The SMILES string of the molecule is CN=C(NCCN(C)C1CCCC1)N1CCN(c2cccs2)CC1. The Morgan fingerprint density at radius 2 is 2.04 bits per heavy atom. The van der Waals surface area contributed by atoms with Gasteiger partial charge in [0.15, 0.2) is 5.96 Å². The lowest BCUT2D eigenvalue weighted by molar-refractivity contribution is 0.248. The highest BCUT2D eigenvalue weighted by Gasteiger charge is 2.21. The molecule has 0 bridgehead atoms. The highest BCUT2D eigenvalue weighted by Crippen LogP contribution is 2.23. The van der Waals surface area contributed by atoms with Gasteiger partial charge >= 0.3 is 0 Å². The van der Waals surface area contributed by atoms with E-state index >= 15 is 0 Å². The molecule has 1 aromatic rings. The molecule has 0 atom stereocenters. The van der Waals surface area contributed by atoms with Crippen LogP contribution in [-0.2, 0) is 0 Å². The van der Waals surface area contributed by atoms with E-state index in [0.717, 1.165) is 51.3 Å². The molecule has 1 saturated carbocycles. The van der Waals surface area contributed by atoms with E-state index in [2.05, 4.69) is 49.6 Å². The average molecular weight is 350 g/mol. The summed E-state index contributed by atoms with van der Waals surface area (Å²) in [6, 6.07) is 5.14. The van der Waals surface area contributed by atoms with Crippen molar-refractivity contribution in [1.29, 1.82) is 0 Å². The monoisotopic (exact) mass is 349 g/mol. The smallest absolute Gasteiger partial charge is 0.193 e. The number of hydrogen-bond donors (Lipinski definition) is 1. The lowest BCUT2D eigenvalue weighted by Crippen LogP contribution is -2.53. The van der Waals surface area contributed by atoms with Crippen molar-refractivity contribution >= 4 is 22.3 Å². The summed E-state index contributed by atoms with van der Waals surface area (Å²) in [6.45, 7) is 6.29. The van der Waals surface area contributed by atoms with E-state index < -0.39 is 0 Å². The second kappa shape index (κ2) is 8.72. The van der Waals surface area contributed by atoms with Gasteiger partial charge in [-0.1, -0.05) is 12.8 Å². The molecule has 1 aliphatic heterocycles. The van der Waals surface area contributed by atoms with E-state index in [1.165, 1.54) is 30.7 Å². The van der Waals surface area contributed by atoms with Crippen molar-refractivity contribution < 1.29 is 0 Å². The maximum Gasteiger partial charge on any atom is 0.193 e. The number of likely N-dealkylation sites (N-methyl/N-ethyl adjacent to an activating group) is 1. The number of nitrogens with zero attached hydrogens (tertiary/aromatic N) is 4. The molecule has 2 fully saturated rings. The largest absolute Gasteiger partial charge is 0.360 e. The Morgan fingerprint density at radius 1 is 1.29 bits per heavy atom. The number of aliphatic imine (C=N–C) groups is 1.